The lowest BCUT2D eigenvalue weighted by Crippen LogP contribution is -2.34. The molecule has 2 N–H and O–H groups in total. The Kier molecular flexibility index (Phi) is 5.17. The van der Waals surface area contributed by atoms with Crippen LogP contribution in [0.25, 0.3) is 0 Å². The third-order valence-electron chi connectivity index (χ3n) is 3.75. The molecule has 1 saturated heterocycles. The minimum absolute atomic E-state index is 0.0987. The van der Waals surface area contributed by atoms with Gasteiger partial charge in [-0.3, -0.25) is 0 Å². The normalized spacial score (nSPS) is 23.1. The number of hydrogen-bond donors (Lipinski definition) is 2. The number of aliphatic hydroxyl groups excluding tert-OH is 1. The van der Waals surface area contributed by atoms with Crippen LogP contribution >= 0.6 is 0 Å². The Morgan fingerprint density at radius 2 is 1.76 bits per heavy atom. The lowest BCUT2D eigenvalue weighted by molar-refractivity contribution is -0.00461. The summed E-state index contributed by atoms with van der Waals surface area (Å²) in [5.41, 5.74) is 1.51. The molecular weight excluding hydrogens is 272 g/mol. The summed E-state index contributed by atoms with van der Waals surface area (Å²) in [6, 6.07) is 6.96. The van der Waals surface area contributed by atoms with Gasteiger partial charge in [-0.2, -0.15) is 0 Å². The fourth-order valence-electron chi connectivity index (χ4n) is 2.41. The van der Waals surface area contributed by atoms with E-state index in [1.165, 1.54) is 0 Å². The number of ether oxygens (including phenoxy) is 2. The topological polar surface area (TPSA) is 71.0 Å². The molecule has 1 aromatic carbocycles. The van der Waals surface area contributed by atoms with Gasteiger partial charge in [0.2, 0.25) is 0 Å². The molecule has 0 radical (unpaired) electrons. The van der Waals surface area contributed by atoms with Gasteiger partial charge in [-0.05, 0) is 24.6 Å². The zero-order valence-corrected chi connectivity index (χ0v) is 12.6. The third-order valence-corrected chi connectivity index (χ3v) is 3.75. The van der Waals surface area contributed by atoms with Crippen molar-refractivity contribution in [3.63, 3.8) is 0 Å². The predicted octanol–water partition coefficient (Wildman–Crippen LogP) is 1.62. The molecule has 6 nitrogen and oxygen atoms in total. The van der Waals surface area contributed by atoms with E-state index in [0.717, 1.165) is 5.56 Å². The second-order valence-corrected chi connectivity index (χ2v) is 5.18. The Morgan fingerprint density at radius 1 is 1.24 bits per heavy atom. The van der Waals surface area contributed by atoms with Gasteiger partial charge in [0, 0.05) is 19.9 Å². The molecule has 1 heterocycles. The van der Waals surface area contributed by atoms with Crippen LogP contribution in [0.1, 0.15) is 18.6 Å². The van der Waals surface area contributed by atoms with Crippen LogP contribution in [0.2, 0.25) is 0 Å². The SMILES string of the molecule is COC1CN(C(=O)Nc2ccc(C(C)O)cc2)CC1OC. The van der Waals surface area contributed by atoms with Gasteiger partial charge in [0.05, 0.1) is 19.2 Å². The molecule has 0 saturated carbocycles. The summed E-state index contributed by atoms with van der Waals surface area (Å²) < 4.78 is 10.6. The van der Waals surface area contributed by atoms with E-state index in [2.05, 4.69) is 5.32 Å². The van der Waals surface area contributed by atoms with E-state index in [-0.39, 0.29) is 18.2 Å². The van der Waals surface area contributed by atoms with Gasteiger partial charge in [0.15, 0.2) is 0 Å². The maximum Gasteiger partial charge on any atom is 0.322 e. The Hall–Kier alpha value is -1.63. The van der Waals surface area contributed by atoms with Crippen LogP contribution in [0.15, 0.2) is 24.3 Å². The maximum atomic E-state index is 12.2. The van der Waals surface area contributed by atoms with Crippen LogP contribution in [0.5, 0.6) is 0 Å². The summed E-state index contributed by atoms with van der Waals surface area (Å²) in [6.45, 7) is 2.72. The highest BCUT2D eigenvalue weighted by molar-refractivity contribution is 5.89. The van der Waals surface area contributed by atoms with E-state index in [4.69, 9.17) is 9.47 Å². The van der Waals surface area contributed by atoms with E-state index in [1.54, 1.807) is 50.3 Å². The van der Waals surface area contributed by atoms with Crippen molar-refractivity contribution in [1.82, 2.24) is 4.90 Å². The zero-order chi connectivity index (χ0) is 15.4. The summed E-state index contributed by atoms with van der Waals surface area (Å²) in [6.07, 6.45) is -0.713. The lowest BCUT2D eigenvalue weighted by Gasteiger charge is -2.17. The molecule has 3 atom stereocenters. The number of anilines is 1. The van der Waals surface area contributed by atoms with Gasteiger partial charge in [-0.25, -0.2) is 4.79 Å². The van der Waals surface area contributed by atoms with Gasteiger partial charge in [-0.15, -0.1) is 0 Å². The fourth-order valence-corrected chi connectivity index (χ4v) is 2.41. The van der Waals surface area contributed by atoms with E-state index in [1.807, 2.05) is 0 Å². The minimum Gasteiger partial charge on any atom is -0.389 e. The first-order chi connectivity index (χ1) is 10.0. The number of likely N-dealkylation sites (tertiary alicyclic amines) is 1. The lowest BCUT2D eigenvalue weighted by atomic mass is 10.1. The molecule has 2 rings (SSSR count). The van der Waals surface area contributed by atoms with Crippen molar-refractivity contribution in [1.29, 1.82) is 0 Å². The summed E-state index contributed by atoms with van der Waals surface area (Å²) in [4.78, 5) is 13.9. The van der Waals surface area contributed by atoms with Crippen molar-refractivity contribution in [2.75, 3.05) is 32.6 Å². The fraction of sp³-hybridized carbons (Fsp3) is 0.533. The molecule has 6 heteroatoms. The molecule has 1 aliphatic rings. The van der Waals surface area contributed by atoms with E-state index < -0.39 is 6.10 Å². The van der Waals surface area contributed by atoms with Crippen molar-refractivity contribution in [3.8, 4) is 0 Å². The second kappa shape index (κ2) is 6.89. The number of hydrogen-bond acceptors (Lipinski definition) is 4. The van der Waals surface area contributed by atoms with Crippen molar-refractivity contribution >= 4 is 11.7 Å². The predicted molar refractivity (Wildman–Crippen MR) is 79.3 cm³/mol. The first kappa shape index (κ1) is 15.8. The van der Waals surface area contributed by atoms with Crippen LogP contribution in [0.3, 0.4) is 0 Å². The number of nitrogens with one attached hydrogen (secondary N) is 1. The number of methoxy groups -OCH3 is 2. The van der Waals surface area contributed by atoms with Crippen LogP contribution in [-0.2, 0) is 9.47 Å². The number of rotatable bonds is 4. The van der Waals surface area contributed by atoms with Crippen molar-refractivity contribution in [2.45, 2.75) is 25.2 Å². The molecule has 116 valence electrons. The number of aliphatic hydroxyl groups is 1. The van der Waals surface area contributed by atoms with Gasteiger partial charge in [0.25, 0.3) is 0 Å². The monoisotopic (exact) mass is 294 g/mol. The highest BCUT2D eigenvalue weighted by Crippen LogP contribution is 2.19. The van der Waals surface area contributed by atoms with Gasteiger partial charge in [-0.1, -0.05) is 12.1 Å². The molecular formula is C15H22N2O4. The van der Waals surface area contributed by atoms with Crippen molar-refractivity contribution in [3.05, 3.63) is 29.8 Å². The molecule has 1 fully saturated rings. The average molecular weight is 294 g/mol. The Bertz CT molecular complexity index is 463. The van der Waals surface area contributed by atoms with Crippen LogP contribution in [0.4, 0.5) is 10.5 Å². The Morgan fingerprint density at radius 3 is 2.19 bits per heavy atom. The van der Waals surface area contributed by atoms with E-state index >= 15 is 0 Å². The standard InChI is InChI=1S/C15H22N2O4/c1-10(18)11-4-6-12(7-5-11)16-15(19)17-8-13(20-2)14(9-17)21-3/h4-7,10,13-14,18H,8-9H2,1-3H3,(H,16,19). The van der Waals surface area contributed by atoms with Crippen molar-refractivity contribution < 1.29 is 19.4 Å². The van der Waals surface area contributed by atoms with Crippen LogP contribution < -0.4 is 5.32 Å². The summed E-state index contributed by atoms with van der Waals surface area (Å²) in [5.74, 6) is 0. The molecule has 0 bridgehead atoms. The van der Waals surface area contributed by atoms with Gasteiger partial charge < -0.3 is 24.8 Å². The number of benzene rings is 1. The molecule has 1 aliphatic heterocycles. The van der Waals surface area contributed by atoms with Crippen LogP contribution in [0, 0.1) is 0 Å². The van der Waals surface area contributed by atoms with Gasteiger partial charge >= 0.3 is 6.03 Å². The summed E-state index contributed by atoms with van der Waals surface area (Å²) in [7, 11) is 3.24. The average Bonchev–Trinajstić information content (AvgIpc) is 2.91. The Balaban J connectivity index is 1.95. The largest absolute Gasteiger partial charge is 0.389 e. The zero-order valence-electron chi connectivity index (χ0n) is 12.6. The molecule has 0 spiro atoms. The van der Waals surface area contributed by atoms with E-state index in [0.29, 0.717) is 18.8 Å². The molecule has 0 aromatic heterocycles. The van der Waals surface area contributed by atoms with Crippen LogP contribution in [-0.4, -0.2) is 55.6 Å². The third kappa shape index (κ3) is 3.72. The smallest absolute Gasteiger partial charge is 0.322 e. The maximum absolute atomic E-state index is 12.2. The molecule has 21 heavy (non-hydrogen) atoms. The number of amides is 2. The van der Waals surface area contributed by atoms with E-state index in [9.17, 15) is 9.90 Å². The Labute approximate surface area is 124 Å². The number of carbonyl (C=O) groups is 1. The first-order valence-electron chi connectivity index (χ1n) is 6.94. The summed E-state index contributed by atoms with van der Waals surface area (Å²) in [5, 5.41) is 12.3. The first-order valence-corrected chi connectivity index (χ1v) is 6.94. The highest BCUT2D eigenvalue weighted by atomic mass is 16.5. The minimum atomic E-state index is -0.516. The number of urea groups is 1. The number of nitrogens with zero attached hydrogens (tertiary/aromatic N) is 1. The summed E-state index contributed by atoms with van der Waals surface area (Å²) >= 11 is 0. The highest BCUT2D eigenvalue weighted by Gasteiger charge is 2.35. The molecule has 3 unspecified atom stereocenters. The van der Waals surface area contributed by atoms with Gasteiger partial charge in [0.1, 0.15) is 12.2 Å². The molecule has 2 amide bonds. The second-order valence-electron chi connectivity index (χ2n) is 5.18. The van der Waals surface area contributed by atoms with Crippen molar-refractivity contribution in [2.24, 2.45) is 0 Å². The molecule has 1 aromatic rings. The number of carbonyl (C=O) groups excluding carboxylic acids is 1. The quantitative estimate of drug-likeness (QED) is 0.885. The molecule has 0 aliphatic carbocycles.